The monoisotopic (exact) mass is 448 g/mol. The maximum Gasteiger partial charge on any atom is 0.268 e. The van der Waals surface area contributed by atoms with Crippen molar-refractivity contribution in [1.29, 1.82) is 5.26 Å². The maximum atomic E-state index is 13.3. The van der Waals surface area contributed by atoms with Crippen molar-refractivity contribution in [3.63, 3.8) is 0 Å². The first-order valence-electron chi connectivity index (χ1n) is 10.4. The Balaban J connectivity index is 1.57. The van der Waals surface area contributed by atoms with Crippen LogP contribution in [0.15, 0.2) is 42.6 Å². The van der Waals surface area contributed by atoms with E-state index in [0.717, 1.165) is 0 Å². The lowest BCUT2D eigenvalue weighted by Crippen LogP contribution is -2.50. The first-order valence-corrected chi connectivity index (χ1v) is 10.4. The number of fused-ring (bicyclic) bond motifs is 1. The minimum absolute atomic E-state index is 0.132. The summed E-state index contributed by atoms with van der Waals surface area (Å²) in [5, 5.41) is 15.1. The van der Waals surface area contributed by atoms with Crippen molar-refractivity contribution in [2.75, 3.05) is 19.6 Å². The topological polar surface area (TPSA) is 131 Å². The molecule has 0 aliphatic carbocycles. The second-order valence-electron chi connectivity index (χ2n) is 7.73. The maximum absolute atomic E-state index is 13.3. The molecule has 0 spiro atoms. The zero-order valence-electron chi connectivity index (χ0n) is 17.6. The number of nitriles is 1. The molecule has 1 aliphatic heterocycles. The molecule has 1 atom stereocenters. The summed E-state index contributed by atoms with van der Waals surface area (Å²) >= 11 is 0. The Morgan fingerprint density at radius 2 is 2.03 bits per heavy atom. The van der Waals surface area contributed by atoms with Gasteiger partial charge in [-0.3, -0.25) is 14.4 Å². The van der Waals surface area contributed by atoms with Gasteiger partial charge in [0, 0.05) is 37.9 Å². The second kappa shape index (κ2) is 9.48. The molecule has 0 saturated carbocycles. The number of pyridine rings is 1. The van der Waals surface area contributed by atoms with Crippen molar-refractivity contribution in [2.24, 2.45) is 0 Å². The van der Waals surface area contributed by atoms with Gasteiger partial charge in [0.15, 0.2) is 0 Å². The third-order valence-corrected chi connectivity index (χ3v) is 5.45. The van der Waals surface area contributed by atoms with Crippen LogP contribution in [0.4, 0.5) is 4.39 Å². The van der Waals surface area contributed by atoms with Crippen molar-refractivity contribution in [3.8, 4) is 6.07 Å². The van der Waals surface area contributed by atoms with Crippen LogP contribution < -0.4 is 10.6 Å². The van der Waals surface area contributed by atoms with Gasteiger partial charge in [-0.05, 0) is 29.8 Å². The van der Waals surface area contributed by atoms with Gasteiger partial charge in [0.1, 0.15) is 29.3 Å². The predicted molar refractivity (Wildman–Crippen MR) is 116 cm³/mol. The third kappa shape index (κ3) is 5.15. The molecule has 10 heteroatoms. The third-order valence-electron chi connectivity index (χ3n) is 5.45. The van der Waals surface area contributed by atoms with E-state index in [1.54, 1.807) is 29.2 Å². The molecule has 0 bridgehead atoms. The number of carbonyl (C=O) groups excluding carboxylic acids is 3. The summed E-state index contributed by atoms with van der Waals surface area (Å²) in [6.45, 7) is 0.906. The number of carbonyl (C=O) groups is 3. The first-order chi connectivity index (χ1) is 15.9. The van der Waals surface area contributed by atoms with E-state index < -0.39 is 17.8 Å². The summed E-state index contributed by atoms with van der Waals surface area (Å²) < 4.78 is 13.3. The van der Waals surface area contributed by atoms with E-state index in [0.29, 0.717) is 29.6 Å². The van der Waals surface area contributed by atoms with Crippen molar-refractivity contribution in [3.05, 3.63) is 65.4 Å². The number of aromatic amines is 1. The number of benzene rings is 1. The largest absolute Gasteiger partial charge is 0.354 e. The first kappa shape index (κ1) is 22.0. The van der Waals surface area contributed by atoms with E-state index in [9.17, 15) is 18.8 Å². The van der Waals surface area contributed by atoms with Crippen LogP contribution in [0.1, 0.15) is 28.2 Å². The summed E-state index contributed by atoms with van der Waals surface area (Å²) in [6.07, 6.45) is 1.80. The molecule has 3 N–H and O–H groups in total. The molecule has 1 saturated heterocycles. The molecule has 1 aliphatic rings. The molecular weight excluding hydrogens is 427 g/mol. The molecule has 4 rings (SSSR count). The molecule has 0 unspecified atom stereocenters. The highest BCUT2D eigenvalue weighted by Gasteiger charge is 2.28. The Bertz CT molecular complexity index is 1250. The number of aromatic nitrogens is 2. The fourth-order valence-corrected chi connectivity index (χ4v) is 3.71. The van der Waals surface area contributed by atoms with Crippen LogP contribution in [0.5, 0.6) is 0 Å². The van der Waals surface area contributed by atoms with Crippen molar-refractivity contribution < 1.29 is 18.8 Å². The normalized spacial score (nSPS) is 14.8. The summed E-state index contributed by atoms with van der Waals surface area (Å²) in [7, 11) is 0. The van der Waals surface area contributed by atoms with Crippen molar-refractivity contribution in [2.45, 2.75) is 18.9 Å². The lowest BCUT2D eigenvalue weighted by Gasteiger charge is -2.26. The number of H-pyrrole nitrogens is 1. The SMILES string of the molecule is N#Cc1cc2cc(C(=O)N[C@@H](Cc3ccc(F)cc3)C(=O)N3CCNC(=O)CC3)[nH]c2cn1. The summed E-state index contributed by atoms with van der Waals surface area (Å²) in [5.41, 5.74) is 1.70. The zero-order chi connectivity index (χ0) is 23.4. The molecule has 3 aromatic rings. The molecule has 33 heavy (non-hydrogen) atoms. The number of nitrogens with one attached hydrogen (secondary N) is 3. The van der Waals surface area contributed by atoms with Gasteiger partial charge in [0.2, 0.25) is 11.8 Å². The Hall–Kier alpha value is -4.26. The van der Waals surface area contributed by atoms with E-state index >= 15 is 0 Å². The zero-order valence-corrected chi connectivity index (χ0v) is 17.6. The van der Waals surface area contributed by atoms with E-state index in [4.69, 9.17) is 5.26 Å². The number of rotatable bonds is 5. The van der Waals surface area contributed by atoms with Crippen molar-refractivity contribution >= 4 is 28.6 Å². The number of amides is 3. The van der Waals surface area contributed by atoms with E-state index in [1.807, 2.05) is 6.07 Å². The van der Waals surface area contributed by atoms with Crippen LogP contribution in [-0.4, -0.2) is 58.3 Å². The Labute approximate surface area is 188 Å². The second-order valence-corrected chi connectivity index (χ2v) is 7.73. The highest BCUT2D eigenvalue weighted by molar-refractivity contribution is 6.00. The summed E-state index contributed by atoms with van der Waals surface area (Å²) in [5.74, 6) is -1.36. The molecule has 1 aromatic carbocycles. The Morgan fingerprint density at radius 1 is 1.24 bits per heavy atom. The molecule has 0 radical (unpaired) electrons. The Morgan fingerprint density at radius 3 is 2.79 bits per heavy atom. The van der Waals surface area contributed by atoms with Gasteiger partial charge >= 0.3 is 0 Å². The number of hydrogen-bond donors (Lipinski definition) is 3. The highest BCUT2D eigenvalue weighted by Crippen LogP contribution is 2.16. The lowest BCUT2D eigenvalue weighted by atomic mass is 10.0. The summed E-state index contributed by atoms with van der Waals surface area (Å²) in [4.78, 5) is 46.4. The van der Waals surface area contributed by atoms with Gasteiger partial charge in [-0.15, -0.1) is 0 Å². The number of halogens is 1. The smallest absolute Gasteiger partial charge is 0.268 e. The van der Waals surface area contributed by atoms with Crippen LogP contribution >= 0.6 is 0 Å². The standard InChI is InChI=1S/C23H21FN6O3/c24-16-3-1-14(2-4-16)9-19(23(33)30-7-5-21(31)26-6-8-30)29-22(32)18-11-15-10-17(12-25)27-13-20(15)28-18/h1-4,10-11,13,19,28H,5-9H2,(H,26,31)(H,29,32)/t19-/m0/s1. The number of nitrogens with zero attached hydrogens (tertiary/aromatic N) is 3. The quantitative estimate of drug-likeness (QED) is 0.541. The molecule has 9 nitrogen and oxygen atoms in total. The molecule has 3 amide bonds. The fourth-order valence-electron chi connectivity index (χ4n) is 3.71. The van der Waals surface area contributed by atoms with E-state index in [1.165, 1.54) is 18.3 Å². The van der Waals surface area contributed by atoms with Gasteiger partial charge in [0.05, 0.1) is 11.7 Å². The Kier molecular flexibility index (Phi) is 6.31. The van der Waals surface area contributed by atoms with Gasteiger partial charge in [0.25, 0.3) is 5.91 Å². The minimum atomic E-state index is -0.921. The molecule has 1 fully saturated rings. The van der Waals surface area contributed by atoms with E-state index in [-0.39, 0.29) is 42.6 Å². The van der Waals surface area contributed by atoms with Crippen LogP contribution in [-0.2, 0) is 16.0 Å². The fraction of sp³-hybridized carbons (Fsp3) is 0.261. The molecule has 3 heterocycles. The predicted octanol–water partition coefficient (Wildman–Crippen LogP) is 1.26. The van der Waals surface area contributed by atoms with Gasteiger partial charge < -0.3 is 20.5 Å². The van der Waals surface area contributed by atoms with E-state index in [2.05, 4.69) is 20.6 Å². The van der Waals surface area contributed by atoms with Crippen LogP contribution in [0, 0.1) is 17.1 Å². The average molecular weight is 448 g/mol. The van der Waals surface area contributed by atoms with Crippen LogP contribution in [0.2, 0.25) is 0 Å². The van der Waals surface area contributed by atoms with Gasteiger partial charge in [-0.1, -0.05) is 12.1 Å². The van der Waals surface area contributed by atoms with Gasteiger partial charge in [-0.2, -0.15) is 5.26 Å². The van der Waals surface area contributed by atoms with Crippen LogP contribution in [0.25, 0.3) is 10.9 Å². The summed E-state index contributed by atoms with van der Waals surface area (Å²) in [6, 6.07) is 9.89. The lowest BCUT2D eigenvalue weighted by molar-refractivity contribution is -0.133. The number of hydrogen-bond acceptors (Lipinski definition) is 5. The molecule has 168 valence electrons. The highest BCUT2D eigenvalue weighted by atomic mass is 19.1. The minimum Gasteiger partial charge on any atom is -0.354 e. The average Bonchev–Trinajstić information content (AvgIpc) is 3.13. The van der Waals surface area contributed by atoms with Crippen LogP contribution in [0.3, 0.4) is 0 Å². The molecular formula is C23H21FN6O3. The molecule has 2 aromatic heterocycles. The van der Waals surface area contributed by atoms with Crippen molar-refractivity contribution in [1.82, 2.24) is 25.5 Å². The van der Waals surface area contributed by atoms with Gasteiger partial charge in [-0.25, -0.2) is 9.37 Å².